The minimum Gasteiger partial charge on any atom is -0.465 e. The van der Waals surface area contributed by atoms with E-state index in [0.717, 1.165) is 0 Å². The molecule has 0 aliphatic carbocycles. The van der Waals surface area contributed by atoms with Crippen molar-refractivity contribution in [3.63, 3.8) is 0 Å². The van der Waals surface area contributed by atoms with Crippen LogP contribution in [0.3, 0.4) is 0 Å². The molecule has 0 spiro atoms. The molecule has 1 unspecified atom stereocenters. The number of ketones is 1. The molecule has 0 amide bonds. The van der Waals surface area contributed by atoms with Gasteiger partial charge in [-0.3, -0.25) is 14.6 Å². The van der Waals surface area contributed by atoms with Gasteiger partial charge < -0.3 is 4.74 Å². The Morgan fingerprint density at radius 2 is 1.95 bits per heavy atom. The number of benzene rings is 1. The van der Waals surface area contributed by atoms with Crippen molar-refractivity contribution in [1.29, 1.82) is 0 Å². The Bertz CT molecular complexity index is 585. The molecule has 2 rings (SSSR count). The normalized spacial score (nSPS) is 11.7. The SMILES string of the molecule is CCOC(=O)C(C(=O)c1cnccn1)c1ccccc1. The predicted octanol–water partition coefficient (Wildman–Crippen LogP) is 2.01. The molecular formula is C15H14N2O3. The molecule has 1 atom stereocenters. The van der Waals surface area contributed by atoms with E-state index in [0.29, 0.717) is 5.56 Å². The minimum atomic E-state index is -1.01. The third-order valence-electron chi connectivity index (χ3n) is 2.73. The van der Waals surface area contributed by atoms with Crippen LogP contribution in [0.5, 0.6) is 0 Å². The van der Waals surface area contributed by atoms with Gasteiger partial charge >= 0.3 is 5.97 Å². The second kappa shape index (κ2) is 6.56. The van der Waals surface area contributed by atoms with E-state index in [4.69, 9.17) is 4.74 Å². The molecule has 5 heteroatoms. The van der Waals surface area contributed by atoms with E-state index in [1.807, 2.05) is 6.07 Å². The van der Waals surface area contributed by atoms with Crippen LogP contribution in [0.25, 0.3) is 0 Å². The summed E-state index contributed by atoms with van der Waals surface area (Å²) in [6, 6.07) is 8.79. The highest BCUT2D eigenvalue weighted by Crippen LogP contribution is 2.21. The lowest BCUT2D eigenvalue weighted by atomic mass is 9.93. The van der Waals surface area contributed by atoms with Crippen LogP contribution in [0.2, 0.25) is 0 Å². The second-order valence-corrected chi connectivity index (χ2v) is 4.05. The first-order valence-electron chi connectivity index (χ1n) is 6.26. The number of carbonyl (C=O) groups is 2. The summed E-state index contributed by atoms with van der Waals surface area (Å²) < 4.78 is 4.99. The average molecular weight is 270 g/mol. The molecule has 0 aliphatic heterocycles. The molecule has 0 bridgehead atoms. The summed E-state index contributed by atoms with van der Waals surface area (Å²) in [4.78, 5) is 32.3. The Kier molecular flexibility index (Phi) is 4.55. The lowest BCUT2D eigenvalue weighted by molar-refractivity contribution is -0.143. The van der Waals surface area contributed by atoms with Crippen LogP contribution in [0, 0.1) is 0 Å². The second-order valence-electron chi connectivity index (χ2n) is 4.05. The van der Waals surface area contributed by atoms with Crippen molar-refractivity contribution >= 4 is 11.8 Å². The highest BCUT2D eigenvalue weighted by Gasteiger charge is 2.31. The van der Waals surface area contributed by atoms with Gasteiger partial charge in [-0.2, -0.15) is 0 Å². The monoisotopic (exact) mass is 270 g/mol. The molecule has 102 valence electrons. The number of nitrogens with zero attached hydrogens (tertiary/aromatic N) is 2. The molecule has 1 heterocycles. The summed E-state index contributed by atoms with van der Waals surface area (Å²) in [5.41, 5.74) is 0.732. The van der Waals surface area contributed by atoms with Gasteiger partial charge in [-0.25, -0.2) is 4.98 Å². The number of hydrogen-bond acceptors (Lipinski definition) is 5. The average Bonchev–Trinajstić information content (AvgIpc) is 2.50. The lowest BCUT2D eigenvalue weighted by Crippen LogP contribution is -2.25. The van der Waals surface area contributed by atoms with Crippen molar-refractivity contribution in [2.45, 2.75) is 12.8 Å². The molecule has 5 nitrogen and oxygen atoms in total. The molecular weight excluding hydrogens is 256 g/mol. The van der Waals surface area contributed by atoms with E-state index in [2.05, 4.69) is 9.97 Å². The maximum absolute atomic E-state index is 12.5. The summed E-state index contributed by atoms with van der Waals surface area (Å²) in [7, 11) is 0. The van der Waals surface area contributed by atoms with Crippen molar-refractivity contribution in [1.82, 2.24) is 9.97 Å². The van der Waals surface area contributed by atoms with E-state index in [-0.39, 0.29) is 12.3 Å². The van der Waals surface area contributed by atoms with Crippen LogP contribution in [0.4, 0.5) is 0 Å². The number of carbonyl (C=O) groups excluding carboxylic acids is 2. The van der Waals surface area contributed by atoms with Crippen LogP contribution in [0.1, 0.15) is 28.9 Å². The predicted molar refractivity (Wildman–Crippen MR) is 72.2 cm³/mol. The Morgan fingerprint density at radius 3 is 2.55 bits per heavy atom. The zero-order valence-corrected chi connectivity index (χ0v) is 11.0. The van der Waals surface area contributed by atoms with Gasteiger partial charge in [0.1, 0.15) is 11.6 Å². The highest BCUT2D eigenvalue weighted by molar-refractivity contribution is 6.11. The van der Waals surface area contributed by atoms with Crippen LogP contribution in [-0.4, -0.2) is 28.3 Å². The summed E-state index contributed by atoms with van der Waals surface area (Å²) >= 11 is 0. The third kappa shape index (κ3) is 3.06. The third-order valence-corrected chi connectivity index (χ3v) is 2.73. The van der Waals surface area contributed by atoms with Crippen LogP contribution in [0.15, 0.2) is 48.9 Å². The Hall–Kier alpha value is -2.56. The molecule has 0 saturated carbocycles. The van der Waals surface area contributed by atoms with E-state index >= 15 is 0 Å². The molecule has 1 aromatic carbocycles. The van der Waals surface area contributed by atoms with Crippen LogP contribution in [-0.2, 0) is 9.53 Å². The Morgan fingerprint density at radius 1 is 1.20 bits per heavy atom. The van der Waals surface area contributed by atoms with Crippen molar-refractivity contribution in [3.8, 4) is 0 Å². The van der Waals surface area contributed by atoms with Crippen molar-refractivity contribution in [2.24, 2.45) is 0 Å². The van der Waals surface area contributed by atoms with E-state index < -0.39 is 17.7 Å². The topological polar surface area (TPSA) is 69.2 Å². The Balaban J connectivity index is 2.37. The number of aromatic nitrogens is 2. The van der Waals surface area contributed by atoms with Gasteiger partial charge in [0.2, 0.25) is 5.78 Å². The van der Waals surface area contributed by atoms with Gasteiger partial charge in [-0.1, -0.05) is 30.3 Å². The van der Waals surface area contributed by atoms with Crippen molar-refractivity contribution < 1.29 is 14.3 Å². The van der Waals surface area contributed by atoms with Gasteiger partial charge in [0.05, 0.1) is 12.8 Å². The highest BCUT2D eigenvalue weighted by atomic mass is 16.5. The van der Waals surface area contributed by atoms with E-state index in [1.54, 1.807) is 31.2 Å². The van der Waals surface area contributed by atoms with Crippen molar-refractivity contribution in [3.05, 3.63) is 60.2 Å². The number of ether oxygens (including phenoxy) is 1. The molecule has 20 heavy (non-hydrogen) atoms. The molecule has 0 saturated heterocycles. The smallest absolute Gasteiger partial charge is 0.321 e. The van der Waals surface area contributed by atoms with E-state index in [9.17, 15) is 9.59 Å². The molecule has 0 radical (unpaired) electrons. The van der Waals surface area contributed by atoms with Gasteiger partial charge in [0.25, 0.3) is 0 Å². The van der Waals surface area contributed by atoms with Gasteiger partial charge in [0, 0.05) is 12.4 Å². The standard InChI is InChI=1S/C15H14N2O3/c1-2-20-15(19)13(11-6-4-3-5-7-11)14(18)12-10-16-8-9-17-12/h3-10,13H,2H2,1H3. The molecule has 2 aromatic rings. The molecule has 0 aliphatic rings. The van der Waals surface area contributed by atoms with Gasteiger partial charge in [0.15, 0.2) is 0 Å². The lowest BCUT2D eigenvalue weighted by Gasteiger charge is -2.14. The molecule has 0 fully saturated rings. The van der Waals surface area contributed by atoms with Crippen molar-refractivity contribution in [2.75, 3.05) is 6.61 Å². The van der Waals surface area contributed by atoms with E-state index in [1.165, 1.54) is 18.6 Å². The molecule has 1 aromatic heterocycles. The first-order valence-corrected chi connectivity index (χ1v) is 6.26. The quantitative estimate of drug-likeness (QED) is 0.472. The largest absolute Gasteiger partial charge is 0.465 e. The Labute approximate surface area is 116 Å². The van der Waals surface area contributed by atoms with Gasteiger partial charge in [-0.15, -0.1) is 0 Å². The minimum absolute atomic E-state index is 0.148. The van der Waals surface area contributed by atoms with Crippen LogP contribution < -0.4 is 0 Å². The summed E-state index contributed by atoms with van der Waals surface area (Å²) in [5.74, 6) is -2.00. The summed E-state index contributed by atoms with van der Waals surface area (Å²) in [6.07, 6.45) is 4.23. The zero-order valence-electron chi connectivity index (χ0n) is 11.0. The summed E-state index contributed by atoms with van der Waals surface area (Å²) in [6.45, 7) is 1.92. The van der Waals surface area contributed by atoms with Crippen LogP contribution >= 0.6 is 0 Å². The fourth-order valence-electron chi connectivity index (χ4n) is 1.84. The summed E-state index contributed by atoms with van der Waals surface area (Å²) in [5, 5.41) is 0. The number of hydrogen-bond donors (Lipinski definition) is 0. The zero-order chi connectivity index (χ0) is 14.4. The number of Topliss-reactive ketones (excluding diaryl/α,β-unsaturated/α-hetero) is 1. The first kappa shape index (κ1) is 13.9. The number of esters is 1. The maximum atomic E-state index is 12.5. The number of rotatable bonds is 5. The van der Waals surface area contributed by atoms with Gasteiger partial charge in [-0.05, 0) is 12.5 Å². The first-order chi connectivity index (χ1) is 9.74. The maximum Gasteiger partial charge on any atom is 0.321 e. The fraction of sp³-hybridized carbons (Fsp3) is 0.200. The fourth-order valence-corrected chi connectivity index (χ4v) is 1.84. The molecule has 0 N–H and O–H groups in total.